The number of oxime groups is 1. The molecule has 0 heterocycles. The monoisotopic (exact) mass is 215 g/mol. The predicted octanol–water partition coefficient (Wildman–Crippen LogP) is 1.47. The van der Waals surface area contributed by atoms with Crippen LogP contribution in [0, 0.1) is 5.41 Å². The van der Waals surface area contributed by atoms with Gasteiger partial charge in [-0.2, -0.15) is 0 Å². The Hall–Kier alpha value is -1.39. The van der Waals surface area contributed by atoms with Crippen molar-refractivity contribution in [1.82, 2.24) is 0 Å². The molecule has 1 N–H and O–H groups in total. The van der Waals surface area contributed by atoms with E-state index >= 15 is 0 Å². The van der Waals surface area contributed by atoms with Crippen LogP contribution < -0.4 is 0 Å². The number of hydrogen-bond donors (Lipinski definition) is 1. The molecule has 0 aromatic heterocycles. The Morgan fingerprint density at radius 3 is 2.20 bits per heavy atom. The number of nitrogens with zero attached hydrogens (tertiary/aromatic N) is 1. The average molecular weight is 215 g/mol. The van der Waals surface area contributed by atoms with E-state index in [0.717, 1.165) is 0 Å². The fourth-order valence-corrected chi connectivity index (χ4v) is 0.836. The van der Waals surface area contributed by atoms with Gasteiger partial charge in [-0.1, -0.05) is 25.9 Å². The first-order chi connectivity index (χ1) is 6.73. The highest BCUT2D eigenvalue weighted by atomic mass is 16.6. The fraction of sp³-hybridized carbons (Fsp3) is 0.700. The summed E-state index contributed by atoms with van der Waals surface area (Å²) in [5.74, 6) is -1.11. The molecule has 0 aromatic carbocycles. The first-order valence-electron chi connectivity index (χ1n) is 4.64. The highest BCUT2D eigenvalue weighted by molar-refractivity contribution is 6.03. The van der Waals surface area contributed by atoms with Crippen molar-refractivity contribution in [3.8, 4) is 0 Å². The quantitative estimate of drug-likeness (QED) is 0.556. The van der Waals surface area contributed by atoms with E-state index in [0.29, 0.717) is 5.71 Å². The van der Waals surface area contributed by atoms with E-state index in [2.05, 4.69) is 9.99 Å². The highest BCUT2D eigenvalue weighted by Gasteiger charge is 2.21. The van der Waals surface area contributed by atoms with Crippen LogP contribution in [0.15, 0.2) is 5.16 Å². The van der Waals surface area contributed by atoms with Crippen LogP contribution in [0.3, 0.4) is 0 Å². The zero-order valence-electron chi connectivity index (χ0n) is 9.53. The van der Waals surface area contributed by atoms with Crippen molar-refractivity contribution in [2.45, 2.75) is 34.1 Å². The van der Waals surface area contributed by atoms with Gasteiger partial charge >= 0.3 is 5.97 Å². The predicted molar refractivity (Wildman–Crippen MR) is 55.8 cm³/mol. The Morgan fingerprint density at radius 1 is 1.33 bits per heavy atom. The third-order valence-electron chi connectivity index (χ3n) is 1.64. The lowest BCUT2D eigenvalue weighted by Crippen LogP contribution is -2.23. The molecule has 0 aliphatic carbocycles. The van der Waals surface area contributed by atoms with Gasteiger partial charge in [-0.15, -0.1) is 0 Å². The number of hydrogen-bond acceptors (Lipinski definition) is 4. The largest absolute Gasteiger partial charge is 0.479 e. The van der Waals surface area contributed by atoms with Crippen LogP contribution in [-0.2, 0) is 14.4 Å². The molecule has 5 heteroatoms. The number of rotatable bonds is 5. The van der Waals surface area contributed by atoms with E-state index in [1.54, 1.807) is 0 Å². The summed E-state index contributed by atoms with van der Waals surface area (Å²) in [6.45, 7) is 6.63. The maximum absolute atomic E-state index is 10.9. The molecular weight excluding hydrogens is 198 g/mol. The van der Waals surface area contributed by atoms with Crippen LogP contribution in [0.2, 0.25) is 0 Å². The third-order valence-corrected chi connectivity index (χ3v) is 1.64. The van der Waals surface area contributed by atoms with Gasteiger partial charge in [0, 0.05) is 11.8 Å². The average Bonchev–Trinajstić information content (AvgIpc) is 1.99. The van der Waals surface area contributed by atoms with Crippen molar-refractivity contribution in [2.75, 3.05) is 6.61 Å². The van der Waals surface area contributed by atoms with Crippen molar-refractivity contribution in [3.63, 3.8) is 0 Å². The number of carboxylic acid groups (broad SMARTS) is 1. The van der Waals surface area contributed by atoms with E-state index in [1.165, 1.54) is 6.92 Å². The summed E-state index contributed by atoms with van der Waals surface area (Å²) in [6, 6.07) is 0. The van der Waals surface area contributed by atoms with Gasteiger partial charge in [0.15, 0.2) is 0 Å². The second-order valence-corrected chi connectivity index (χ2v) is 4.33. The minimum atomic E-state index is -1.09. The van der Waals surface area contributed by atoms with Gasteiger partial charge in [0.2, 0.25) is 6.61 Å². The van der Waals surface area contributed by atoms with E-state index < -0.39 is 12.6 Å². The molecule has 0 bridgehead atoms. The number of aliphatic carboxylic acids is 1. The van der Waals surface area contributed by atoms with Crippen LogP contribution in [0.5, 0.6) is 0 Å². The molecule has 0 rings (SSSR count). The van der Waals surface area contributed by atoms with Gasteiger partial charge in [0.1, 0.15) is 5.78 Å². The molecule has 0 spiro atoms. The van der Waals surface area contributed by atoms with Crippen molar-refractivity contribution in [2.24, 2.45) is 10.6 Å². The molecule has 5 nitrogen and oxygen atoms in total. The highest BCUT2D eigenvalue weighted by Crippen LogP contribution is 2.18. The third kappa shape index (κ3) is 6.65. The summed E-state index contributed by atoms with van der Waals surface area (Å²) in [6.07, 6.45) is 0.184. The number of ketones is 1. The Kier molecular flexibility index (Phi) is 4.97. The molecule has 0 saturated carbocycles. The van der Waals surface area contributed by atoms with Crippen molar-refractivity contribution < 1.29 is 19.5 Å². The molecule has 0 saturated heterocycles. The Balaban J connectivity index is 4.49. The summed E-state index contributed by atoms with van der Waals surface area (Å²) in [4.78, 5) is 25.8. The van der Waals surface area contributed by atoms with Crippen molar-refractivity contribution in [3.05, 3.63) is 0 Å². The van der Waals surface area contributed by atoms with Gasteiger partial charge in [0.25, 0.3) is 0 Å². The van der Waals surface area contributed by atoms with Crippen molar-refractivity contribution in [1.29, 1.82) is 0 Å². The minimum Gasteiger partial charge on any atom is -0.479 e. The lowest BCUT2D eigenvalue weighted by molar-refractivity contribution is -0.142. The standard InChI is InChI=1S/C10H17NO4/c1-7(12)5-8(10(2,3)4)11-15-6-9(13)14/h5-6H2,1-4H3,(H,13,14)/b11-8+. The zero-order chi connectivity index (χ0) is 12.1. The van der Waals surface area contributed by atoms with E-state index in [1.807, 2.05) is 20.8 Å². The molecule has 0 aliphatic heterocycles. The maximum atomic E-state index is 10.9. The van der Waals surface area contributed by atoms with Gasteiger partial charge in [-0.25, -0.2) is 4.79 Å². The summed E-state index contributed by atoms with van der Waals surface area (Å²) in [7, 11) is 0. The number of Topliss-reactive ketones (excluding diaryl/α,β-unsaturated/α-hetero) is 1. The second-order valence-electron chi connectivity index (χ2n) is 4.33. The van der Waals surface area contributed by atoms with Gasteiger partial charge in [0.05, 0.1) is 5.71 Å². The summed E-state index contributed by atoms with van der Waals surface area (Å²) in [5.41, 5.74) is 0.251. The smallest absolute Gasteiger partial charge is 0.344 e. The van der Waals surface area contributed by atoms with Crippen LogP contribution in [0.4, 0.5) is 0 Å². The van der Waals surface area contributed by atoms with Gasteiger partial charge in [-0.05, 0) is 6.92 Å². The van der Waals surface area contributed by atoms with Crippen LogP contribution >= 0.6 is 0 Å². The molecule has 0 atom stereocenters. The van der Waals surface area contributed by atoms with E-state index in [4.69, 9.17) is 5.11 Å². The number of carboxylic acids is 1. The lowest BCUT2D eigenvalue weighted by Gasteiger charge is -2.19. The Morgan fingerprint density at radius 2 is 1.87 bits per heavy atom. The van der Waals surface area contributed by atoms with Crippen LogP contribution in [0.25, 0.3) is 0 Å². The van der Waals surface area contributed by atoms with Gasteiger partial charge < -0.3 is 9.94 Å². The molecule has 0 radical (unpaired) electrons. The Labute approximate surface area is 89.1 Å². The molecule has 86 valence electrons. The molecule has 0 aromatic rings. The lowest BCUT2D eigenvalue weighted by atomic mass is 9.87. The Bertz CT molecular complexity index is 276. The molecule has 0 unspecified atom stereocenters. The SMILES string of the molecule is CC(=O)C/C(=N\OCC(=O)O)C(C)(C)C. The van der Waals surface area contributed by atoms with Gasteiger partial charge in [-0.3, -0.25) is 4.79 Å². The molecule has 15 heavy (non-hydrogen) atoms. The normalized spacial score (nSPS) is 12.4. The maximum Gasteiger partial charge on any atom is 0.344 e. The van der Waals surface area contributed by atoms with Crippen molar-refractivity contribution >= 4 is 17.5 Å². The topological polar surface area (TPSA) is 76.0 Å². The van der Waals surface area contributed by atoms with E-state index in [9.17, 15) is 9.59 Å². The van der Waals surface area contributed by atoms with E-state index in [-0.39, 0.29) is 17.6 Å². The molecular formula is C10H17NO4. The summed E-state index contributed by atoms with van der Waals surface area (Å²) < 4.78 is 0. The fourth-order valence-electron chi connectivity index (χ4n) is 0.836. The van der Waals surface area contributed by atoms with Crippen LogP contribution in [0.1, 0.15) is 34.1 Å². The zero-order valence-corrected chi connectivity index (χ0v) is 9.53. The van der Waals surface area contributed by atoms with Crippen LogP contribution in [-0.4, -0.2) is 29.2 Å². The first-order valence-corrected chi connectivity index (χ1v) is 4.64. The number of carbonyl (C=O) groups is 2. The number of carbonyl (C=O) groups excluding carboxylic acids is 1. The molecule has 0 aliphatic rings. The first kappa shape index (κ1) is 13.6. The second kappa shape index (κ2) is 5.48. The molecule has 0 fully saturated rings. The summed E-state index contributed by atoms with van der Waals surface area (Å²) >= 11 is 0. The molecule has 0 amide bonds. The summed E-state index contributed by atoms with van der Waals surface area (Å²) in [5, 5.41) is 12.0. The minimum absolute atomic E-state index is 0.0254.